The van der Waals surface area contributed by atoms with Crippen molar-refractivity contribution < 1.29 is 4.42 Å². The first-order chi connectivity index (χ1) is 10.1. The van der Waals surface area contributed by atoms with Gasteiger partial charge in [0, 0.05) is 5.56 Å². The SMILES string of the molecule is Cc1ccc(-c2nc(=O)c(-c3ccccc3)c(C)o2)cc1. The van der Waals surface area contributed by atoms with Crippen molar-refractivity contribution in [2.45, 2.75) is 13.8 Å². The predicted octanol–water partition coefficient (Wildman–Crippen LogP) is 3.99. The van der Waals surface area contributed by atoms with E-state index < -0.39 is 0 Å². The first-order valence-corrected chi connectivity index (χ1v) is 6.79. The molecule has 0 saturated heterocycles. The van der Waals surface area contributed by atoms with Crippen molar-refractivity contribution >= 4 is 0 Å². The van der Waals surface area contributed by atoms with Gasteiger partial charge in [0.2, 0.25) is 5.89 Å². The lowest BCUT2D eigenvalue weighted by Crippen LogP contribution is -2.11. The lowest BCUT2D eigenvalue weighted by Gasteiger charge is -2.06. The molecule has 1 heterocycles. The average molecular weight is 277 g/mol. The minimum atomic E-state index is -0.263. The summed E-state index contributed by atoms with van der Waals surface area (Å²) in [4.78, 5) is 16.4. The van der Waals surface area contributed by atoms with E-state index in [0.717, 1.165) is 16.7 Å². The molecule has 3 nitrogen and oxygen atoms in total. The Morgan fingerprint density at radius 2 is 1.52 bits per heavy atom. The van der Waals surface area contributed by atoms with Crippen molar-refractivity contribution in [3.05, 3.63) is 76.3 Å². The van der Waals surface area contributed by atoms with Crippen LogP contribution in [0.1, 0.15) is 11.3 Å². The Hall–Kier alpha value is -2.68. The molecule has 0 aliphatic heterocycles. The van der Waals surface area contributed by atoms with Gasteiger partial charge in [0.25, 0.3) is 5.56 Å². The maximum absolute atomic E-state index is 12.3. The molecule has 0 aliphatic carbocycles. The first-order valence-electron chi connectivity index (χ1n) is 6.79. The van der Waals surface area contributed by atoms with E-state index in [2.05, 4.69) is 4.98 Å². The summed E-state index contributed by atoms with van der Waals surface area (Å²) in [5, 5.41) is 0. The minimum Gasteiger partial charge on any atom is -0.442 e. The lowest BCUT2D eigenvalue weighted by atomic mass is 10.1. The number of benzene rings is 2. The van der Waals surface area contributed by atoms with Crippen LogP contribution in [0.25, 0.3) is 22.6 Å². The van der Waals surface area contributed by atoms with Crippen molar-refractivity contribution in [2.24, 2.45) is 0 Å². The highest BCUT2D eigenvalue weighted by Crippen LogP contribution is 2.23. The largest absolute Gasteiger partial charge is 0.442 e. The van der Waals surface area contributed by atoms with Gasteiger partial charge in [-0.1, -0.05) is 48.0 Å². The second-order valence-electron chi connectivity index (χ2n) is 4.99. The zero-order chi connectivity index (χ0) is 14.8. The maximum Gasteiger partial charge on any atom is 0.284 e. The van der Waals surface area contributed by atoms with Gasteiger partial charge in [-0.05, 0) is 31.5 Å². The topological polar surface area (TPSA) is 43.1 Å². The van der Waals surface area contributed by atoms with Crippen LogP contribution in [0.3, 0.4) is 0 Å². The summed E-state index contributed by atoms with van der Waals surface area (Å²) < 4.78 is 5.76. The summed E-state index contributed by atoms with van der Waals surface area (Å²) >= 11 is 0. The van der Waals surface area contributed by atoms with Crippen LogP contribution in [0, 0.1) is 13.8 Å². The summed E-state index contributed by atoms with van der Waals surface area (Å²) in [6, 6.07) is 17.2. The number of aromatic nitrogens is 1. The second-order valence-corrected chi connectivity index (χ2v) is 4.99. The molecule has 0 radical (unpaired) electrons. The highest BCUT2D eigenvalue weighted by Gasteiger charge is 2.13. The van der Waals surface area contributed by atoms with Gasteiger partial charge >= 0.3 is 0 Å². The highest BCUT2D eigenvalue weighted by atomic mass is 16.3. The van der Waals surface area contributed by atoms with Gasteiger partial charge in [-0.3, -0.25) is 4.79 Å². The third kappa shape index (κ3) is 2.63. The van der Waals surface area contributed by atoms with Crippen molar-refractivity contribution in [1.29, 1.82) is 0 Å². The Morgan fingerprint density at radius 3 is 2.14 bits per heavy atom. The van der Waals surface area contributed by atoms with Crippen LogP contribution in [0.15, 0.2) is 63.8 Å². The van der Waals surface area contributed by atoms with Gasteiger partial charge in [-0.2, -0.15) is 4.98 Å². The summed E-state index contributed by atoms with van der Waals surface area (Å²) in [7, 11) is 0. The molecule has 1 aromatic heterocycles. The molecule has 0 saturated carbocycles. The molecule has 0 fully saturated rings. The Bertz CT molecular complexity index is 818. The van der Waals surface area contributed by atoms with Gasteiger partial charge in [0.15, 0.2) is 0 Å². The van der Waals surface area contributed by atoms with E-state index >= 15 is 0 Å². The van der Waals surface area contributed by atoms with Crippen molar-refractivity contribution in [2.75, 3.05) is 0 Å². The van der Waals surface area contributed by atoms with E-state index in [1.165, 1.54) is 0 Å². The number of nitrogens with zero attached hydrogens (tertiary/aromatic N) is 1. The minimum absolute atomic E-state index is 0.263. The van der Waals surface area contributed by atoms with Crippen molar-refractivity contribution in [3.63, 3.8) is 0 Å². The Morgan fingerprint density at radius 1 is 0.857 bits per heavy atom. The molecular weight excluding hydrogens is 262 g/mol. The van der Waals surface area contributed by atoms with Crippen LogP contribution in [0.4, 0.5) is 0 Å². The van der Waals surface area contributed by atoms with Crippen LogP contribution in [-0.4, -0.2) is 4.98 Å². The molecule has 3 aromatic rings. The zero-order valence-corrected chi connectivity index (χ0v) is 12.0. The molecule has 3 rings (SSSR count). The van der Waals surface area contributed by atoms with Gasteiger partial charge in [0.05, 0.1) is 5.56 Å². The van der Waals surface area contributed by atoms with Crippen LogP contribution in [-0.2, 0) is 0 Å². The van der Waals surface area contributed by atoms with Crippen LogP contribution in [0.5, 0.6) is 0 Å². The van der Waals surface area contributed by atoms with Gasteiger partial charge in [-0.15, -0.1) is 0 Å². The predicted molar refractivity (Wildman–Crippen MR) is 83.1 cm³/mol. The summed E-state index contributed by atoms with van der Waals surface area (Å²) in [6.45, 7) is 3.81. The molecule has 0 aliphatic rings. The number of rotatable bonds is 2. The Balaban J connectivity index is 2.13. The molecule has 0 unspecified atom stereocenters. The zero-order valence-electron chi connectivity index (χ0n) is 12.0. The molecule has 0 bridgehead atoms. The van der Waals surface area contributed by atoms with E-state index in [1.54, 1.807) is 6.92 Å². The number of aryl methyl sites for hydroxylation is 2. The van der Waals surface area contributed by atoms with E-state index in [-0.39, 0.29) is 5.56 Å². The smallest absolute Gasteiger partial charge is 0.284 e. The second kappa shape index (κ2) is 5.37. The van der Waals surface area contributed by atoms with Crippen LogP contribution >= 0.6 is 0 Å². The van der Waals surface area contributed by atoms with Gasteiger partial charge in [0.1, 0.15) is 5.76 Å². The maximum atomic E-state index is 12.3. The molecule has 0 spiro atoms. The molecule has 0 amide bonds. The normalized spacial score (nSPS) is 10.6. The van der Waals surface area contributed by atoms with Gasteiger partial charge in [-0.25, -0.2) is 0 Å². The quantitative estimate of drug-likeness (QED) is 0.711. The van der Waals surface area contributed by atoms with E-state index in [0.29, 0.717) is 17.2 Å². The number of hydrogen-bond donors (Lipinski definition) is 0. The molecular formula is C18H15NO2. The lowest BCUT2D eigenvalue weighted by molar-refractivity contribution is 0.512. The average Bonchev–Trinajstić information content (AvgIpc) is 2.48. The fourth-order valence-corrected chi connectivity index (χ4v) is 2.27. The summed E-state index contributed by atoms with van der Waals surface area (Å²) in [5.41, 5.74) is 3.04. The van der Waals surface area contributed by atoms with Crippen LogP contribution in [0.2, 0.25) is 0 Å². The molecule has 0 N–H and O–H groups in total. The Labute approximate surface area is 122 Å². The fourth-order valence-electron chi connectivity index (χ4n) is 2.27. The number of hydrogen-bond acceptors (Lipinski definition) is 3. The van der Waals surface area contributed by atoms with Crippen molar-refractivity contribution in [1.82, 2.24) is 4.98 Å². The molecule has 104 valence electrons. The van der Waals surface area contributed by atoms with Gasteiger partial charge < -0.3 is 4.42 Å². The molecule has 3 heteroatoms. The van der Waals surface area contributed by atoms with E-state index in [1.807, 2.05) is 61.5 Å². The Kier molecular flexibility index (Phi) is 3.40. The highest BCUT2D eigenvalue weighted by molar-refractivity contribution is 5.65. The molecule has 2 aromatic carbocycles. The molecule has 0 atom stereocenters. The van der Waals surface area contributed by atoms with Crippen LogP contribution < -0.4 is 5.56 Å². The third-order valence-electron chi connectivity index (χ3n) is 3.38. The van der Waals surface area contributed by atoms with E-state index in [4.69, 9.17) is 4.42 Å². The monoisotopic (exact) mass is 277 g/mol. The third-order valence-corrected chi connectivity index (χ3v) is 3.38. The molecule has 21 heavy (non-hydrogen) atoms. The first kappa shape index (κ1) is 13.3. The fraction of sp³-hybridized carbons (Fsp3) is 0.111. The summed E-state index contributed by atoms with van der Waals surface area (Å²) in [5.74, 6) is 0.939. The standard InChI is InChI=1S/C18H15NO2/c1-12-8-10-15(11-9-12)18-19-17(20)16(13(2)21-18)14-6-4-3-5-7-14/h3-11H,1-2H3. The van der Waals surface area contributed by atoms with E-state index in [9.17, 15) is 4.79 Å². The summed E-state index contributed by atoms with van der Waals surface area (Å²) in [6.07, 6.45) is 0. The van der Waals surface area contributed by atoms with Crippen molar-refractivity contribution in [3.8, 4) is 22.6 Å².